The lowest BCUT2D eigenvalue weighted by Gasteiger charge is -2.14. The van der Waals surface area contributed by atoms with Crippen LogP contribution >= 0.6 is 11.6 Å². The minimum atomic E-state index is 0.768. The van der Waals surface area contributed by atoms with E-state index in [2.05, 4.69) is 75.9 Å². The zero-order valence-corrected chi connectivity index (χ0v) is 16.0. The Morgan fingerprint density at radius 3 is 2.56 bits per heavy atom. The Morgan fingerprint density at radius 2 is 1.84 bits per heavy atom. The Bertz CT molecular complexity index is 835. The van der Waals surface area contributed by atoms with Crippen LogP contribution in [0.15, 0.2) is 79.4 Å². The Morgan fingerprint density at radius 1 is 1.08 bits per heavy atom. The number of halogens is 1. The van der Waals surface area contributed by atoms with Crippen LogP contribution in [0, 0.1) is 6.92 Å². The molecule has 0 bridgehead atoms. The molecule has 0 amide bonds. The van der Waals surface area contributed by atoms with Crippen LogP contribution in [0.4, 0.5) is 0 Å². The summed E-state index contributed by atoms with van der Waals surface area (Å²) in [6.07, 6.45) is 11.1. The molecule has 0 aliphatic rings. The van der Waals surface area contributed by atoms with Gasteiger partial charge in [-0.1, -0.05) is 79.7 Å². The Kier molecular flexibility index (Phi) is 7.03. The summed E-state index contributed by atoms with van der Waals surface area (Å²) in [5, 5.41) is 0.768. The van der Waals surface area contributed by atoms with Crippen molar-refractivity contribution in [3.05, 3.63) is 107 Å². The molecule has 1 heteroatoms. The third-order valence-corrected chi connectivity index (χ3v) is 4.36. The molecule has 25 heavy (non-hydrogen) atoms. The van der Waals surface area contributed by atoms with Crippen molar-refractivity contribution in [2.24, 2.45) is 0 Å². The fourth-order valence-corrected chi connectivity index (χ4v) is 2.95. The number of rotatable bonds is 6. The molecule has 128 valence electrons. The van der Waals surface area contributed by atoms with E-state index in [9.17, 15) is 0 Å². The van der Waals surface area contributed by atoms with Crippen LogP contribution in [0.5, 0.6) is 0 Å². The molecule has 0 N–H and O–H groups in total. The van der Waals surface area contributed by atoms with Gasteiger partial charge in [-0.25, -0.2) is 0 Å². The molecule has 0 aliphatic carbocycles. The predicted octanol–water partition coefficient (Wildman–Crippen LogP) is 7.64. The first-order valence-corrected chi connectivity index (χ1v) is 8.98. The van der Waals surface area contributed by atoms with Crippen LogP contribution < -0.4 is 0 Å². The summed E-state index contributed by atoms with van der Waals surface area (Å²) in [7, 11) is 0. The molecule has 0 unspecified atom stereocenters. The molecule has 0 fully saturated rings. The maximum Gasteiger partial charge on any atom is 0.0412 e. The van der Waals surface area contributed by atoms with Crippen molar-refractivity contribution in [1.29, 1.82) is 0 Å². The minimum absolute atomic E-state index is 0.768. The van der Waals surface area contributed by atoms with Crippen molar-refractivity contribution >= 4 is 22.7 Å². The monoisotopic (exact) mass is 348 g/mol. The van der Waals surface area contributed by atoms with Crippen LogP contribution in [-0.4, -0.2) is 0 Å². The van der Waals surface area contributed by atoms with Crippen LogP contribution in [0.2, 0.25) is 5.02 Å². The fourth-order valence-electron chi connectivity index (χ4n) is 2.78. The summed E-state index contributed by atoms with van der Waals surface area (Å²) < 4.78 is 0. The maximum atomic E-state index is 6.25. The van der Waals surface area contributed by atoms with E-state index in [0.717, 1.165) is 11.4 Å². The third kappa shape index (κ3) is 5.08. The highest BCUT2D eigenvalue weighted by atomic mass is 35.5. The van der Waals surface area contributed by atoms with E-state index in [1.54, 1.807) is 6.08 Å². The summed E-state index contributed by atoms with van der Waals surface area (Å²) in [6, 6.07) is 14.7. The van der Waals surface area contributed by atoms with Crippen molar-refractivity contribution in [3.8, 4) is 0 Å². The second-order valence-corrected chi connectivity index (χ2v) is 6.47. The zero-order valence-electron chi connectivity index (χ0n) is 15.2. The summed E-state index contributed by atoms with van der Waals surface area (Å²) in [5.41, 5.74) is 7.31. The lowest BCUT2D eigenvalue weighted by Crippen LogP contribution is -1.93. The first-order chi connectivity index (χ1) is 12.1. The molecule has 0 aliphatic heterocycles. The molecule has 2 aromatic carbocycles. The number of aryl methyl sites for hydroxylation is 1. The number of hydrogen-bond donors (Lipinski definition) is 0. The first kappa shape index (κ1) is 19.0. The molecule has 0 heterocycles. The van der Waals surface area contributed by atoms with Gasteiger partial charge in [0.15, 0.2) is 0 Å². The largest absolute Gasteiger partial charge is 0.0991 e. The van der Waals surface area contributed by atoms with Gasteiger partial charge in [-0.2, -0.15) is 0 Å². The van der Waals surface area contributed by atoms with Gasteiger partial charge < -0.3 is 0 Å². The average molecular weight is 349 g/mol. The maximum absolute atomic E-state index is 6.25. The summed E-state index contributed by atoms with van der Waals surface area (Å²) in [6.45, 7) is 10.1. The van der Waals surface area contributed by atoms with Crippen molar-refractivity contribution < 1.29 is 0 Å². The molecular weight excluding hydrogens is 324 g/mol. The van der Waals surface area contributed by atoms with Crippen molar-refractivity contribution in [2.45, 2.75) is 27.2 Å². The second kappa shape index (κ2) is 9.25. The van der Waals surface area contributed by atoms with E-state index < -0.39 is 0 Å². The van der Waals surface area contributed by atoms with Gasteiger partial charge in [0.05, 0.1) is 0 Å². The standard InChI is InChI=1S/C24H25Cl/c1-5-7-8-11-18(3)20-12-9-13-21(16-20)23(10-6-2)24-17-22(25)15-14-19(24)4/h5,7-17H,1,6H2,2-4H3/b8-7-,18-11+,23-10-. The van der Waals surface area contributed by atoms with Crippen LogP contribution in [0.25, 0.3) is 11.1 Å². The minimum Gasteiger partial charge on any atom is -0.0991 e. The zero-order chi connectivity index (χ0) is 18.2. The van der Waals surface area contributed by atoms with E-state index in [-0.39, 0.29) is 0 Å². The van der Waals surface area contributed by atoms with Gasteiger partial charge in [0.2, 0.25) is 0 Å². The van der Waals surface area contributed by atoms with E-state index >= 15 is 0 Å². The summed E-state index contributed by atoms with van der Waals surface area (Å²) in [4.78, 5) is 0. The molecule has 2 rings (SSSR count). The molecular formula is C24H25Cl. The van der Waals surface area contributed by atoms with Crippen molar-refractivity contribution in [3.63, 3.8) is 0 Å². The smallest absolute Gasteiger partial charge is 0.0412 e. The molecule has 0 atom stereocenters. The number of benzene rings is 2. The SMILES string of the molecule is C=C/C=C\C=C(/C)c1cccc(/C(=C/CC)c2cc(Cl)ccc2C)c1. The topological polar surface area (TPSA) is 0 Å². The van der Waals surface area contributed by atoms with Gasteiger partial charge in [-0.15, -0.1) is 0 Å². The van der Waals surface area contributed by atoms with Gasteiger partial charge in [0.25, 0.3) is 0 Å². The number of allylic oxidation sites excluding steroid dienone is 6. The molecule has 2 aromatic rings. The molecule has 0 spiro atoms. The summed E-state index contributed by atoms with van der Waals surface area (Å²) >= 11 is 6.25. The normalized spacial score (nSPS) is 12.6. The van der Waals surface area contributed by atoms with Crippen molar-refractivity contribution in [2.75, 3.05) is 0 Å². The molecule has 0 saturated carbocycles. The van der Waals surface area contributed by atoms with Gasteiger partial charge in [-0.3, -0.25) is 0 Å². The van der Waals surface area contributed by atoms with E-state index in [4.69, 9.17) is 11.6 Å². The Balaban J connectivity index is 2.50. The van der Waals surface area contributed by atoms with Gasteiger partial charge in [0.1, 0.15) is 0 Å². The van der Waals surface area contributed by atoms with Crippen LogP contribution in [0.1, 0.15) is 42.5 Å². The second-order valence-electron chi connectivity index (χ2n) is 6.04. The Hall–Kier alpha value is -2.31. The van der Waals surface area contributed by atoms with Gasteiger partial charge in [0, 0.05) is 5.02 Å². The molecule has 0 nitrogen and oxygen atoms in total. The van der Waals surface area contributed by atoms with Crippen molar-refractivity contribution in [1.82, 2.24) is 0 Å². The van der Waals surface area contributed by atoms with Gasteiger partial charge >= 0.3 is 0 Å². The lowest BCUT2D eigenvalue weighted by atomic mass is 9.91. The fraction of sp³-hybridized carbons (Fsp3) is 0.167. The lowest BCUT2D eigenvalue weighted by molar-refractivity contribution is 1.22. The third-order valence-electron chi connectivity index (χ3n) is 4.12. The molecule has 0 radical (unpaired) electrons. The highest BCUT2D eigenvalue weighted by Crippen LogP contribution is 2.30. The average Bonchev–Trinajstić information content (AvgIpc) is 2.62. The van der Waals surface area contributed by atoms with E-state index in [1.807, 2.05) is 18.2 Å². The Labute approximate surface area is 156 Å². The predicted molar refractivity (Wildman–Crippen MR) is 113 cm³/mol. The molecule has 0 aromatic heterocycles. The summed E-state index contributed by atoms with van der Waals surface area (Å²) in [5.74, 6) is 0. The highest BCUT2D eigenvalue weighted by Gasteiger charge is 2.09. The first-order valence-electron chi connectivity index (χ1n) is 8.60. The van der Waals surface area contributed by atoms with Gasteiger partial charge in [-0.05, 0) is 71.9 Å². The van der Waals surface area contributed by atoms with Crippen LogP contribution in [0.3, 0.4) is 0 Å². The van der Waals surface area contributed by atoms with E-state index in [0.29, 0.717) is 0 Å². The molecule has 0 saturated heterocycles. The van der Waals surface area contributed by atoms with Crippen LogP contribution in [-0.2, 0) is 0 Å². The van der Waals surface area contributed by atoms with E-state index in [1.165, 1.54) is 33.4 Å². The highest BCUT2D eigenvalue weighted by molar-refractivity contribution is 6.30. The number of hydrogen-bond acceptors (Lipinski definition) is 0. The quantitative estimate of drug-likeness (QED) is 0.470.